The first kappa shape index (κ1) is 13.7. The Kier molecular flexibility index (Phi) is 4.68. The fraction of sp³-hybridized carbons (Fsp3) is 0.545. The molecule has 0 aliphatic heterocycles. The van der Waals surface area contributed by atoms with Crippen LogP contribution in [0.3, 0.4) is 0 Å². The third-order valence-corrected chi connectivity index (χ3v) is 2.43. The molecular weight excluding hydrogens is 224 g/mol. The molecule has 0 radical (unpaired) electrons. The topological polar surface area (TPSA) is 85.9 Å². The van der Waals surface area contributed by atoms with Gasteiger partial charge < -0.3 is 24.8 Å². The Morgan fingerprint density at radius 3 is 2.47 bits per heavy atom. The average Bonchev–Trinajstić information content (AvgIpc) is 2.28. The summed E-state index contributed by atoms with van der Waals surface area (Å²) in [7, 11) is 3.61. The monoisotopic (exact) mass is 242 g/mol. The van der Waals surface area contributed by atoms with Crippen molar-refractivity contribution in [3.8, 4) is 5.75 Å². The lowest BCUT2D eigenvalue weighted by Crippen LogP contribution is -2.23. The minimum absolute atomic E-state index is 0.129. The van der Waals surface area contributed by atoms with Crippen molar-refractivity contribution in [2.45, 2.75) is 19.7 Å². The molecule has 0 amide bonds. The summed E-state index contributed by atoms with van der Waals surface area (Å²) in [5, 5.41) is 27.9. The molecule has 96 valence electrons. The quantitative estimate of drug-likeness (QED) is 0.623. The van der Waals surface area contributed by atoms with Crippen molar-refractivity contribution in [3.05, 3.63) is 27.7 Å². The largest absolute Gasteiger partial charge is 0.503 e. The molecule has 1 aromatic heterocycles. The van der Waals surface area contributed by atoms with Gasteiger partial charge in [0.25, 0.3) is 0 Å². The van der Waals surface area contributed by atoms with Crippen LogP contribution in [0.15, 0.2) is 10.9 Å². The van der Waals surface area contributed by atoms with E-state index in [1.165, 1.54) is 6.07 Å². The summed E-state index contributed by atoms with van der Waals surface area (Å²) >= 11 is 0. The summed E-state index contributed by atoms with van der Waals surface area (Å²) in [6.45, 7) is 0.146. The van der Waals surface area contributed by atoms with Gasteiger partial charge in [0, 0.05) is 24.8 Å². The molecule has 0 saturated heterocycles. The van der Waals surface area contributed by atoms with Gasteiger partial charge in [0.1, 0.15) is 0 Å². The highest BCUT2D eigenvalue weighted by atomic mass is 16.3. The number of nitrogens with zero attached hydrogens (tertiary/aromatic N) is 2. The zero-order valence-corrected chi connectivity index (χ0v) is 10.1. The van der Waals surface area contributed by atoms with Crippen LogP contribution in [0.2, 0.25) is 0 Å². The van der Waals surface area contributed by atoms with E-state index < -0.39 is 5.43 Å². The standard InChI is InChI=1S/C11H18N2O4/c1-12(2)6-9-11(17)10(16)5-8(7-15)13(9)3-4-14/h5,14-15,17H,3-4,6-7H2,1-2H3. The predicted octanol–water partition coefficient (Wildman–Crippen LogP) is -0.900. The molecule has 0 fully saturated rings. The number of pyridine rings is 1. The highest BCUT2D eigenvalue weighted by Gasteiger charge is 2.14. The molecular formula is C11H18N2O4. The molecule has 0 unspecified atom stereocenters. The van der Waals surface area contributed by atoms with E-state index in [4.69, 9.17) is 5.11 Å². The van der Waals surface area contributed by atoms with E-state index in [0.717, 1.165) is 0 Å². The lowest BCUT2D eigenvalue weighted by Gasteiger charge is -2.20. The van der Waals surface area contributed by atoms with Gasteiger partial charge in [-0.3, -0.25) is 4.79 Å². The Morgan fingerprint density at radius 2 is 2.00 bits per heavy atom. The molecule has 0 bridgehead atoms. The maximum atomic E-state index is 11.5. The minimum Gasteiger partial charge on any atom is -0.503 e. The van der Waals surface area contributed by atoms with Crippen molar-refractivity contribution >= 4 is 0 Å². The Balaban J connectivity index is 3.38. The van der Waals surface area contributed by atoms with Gasteiger partial charge in [0.2, 0.25) is 5.43 Å². The molecule has 0 spiro atoms. The molecule has 0 saturated carbocycles. The van der Waals surface area contributed by atoms with Gasteiger partial charge in [0.15, 0.2) is 5.75 Å². The number of aromatic nitrogens is 1. The van der Waals surface area contributed by atoms with E-state index in [2.05, 4.69) is 0 Å². The van der Waals surface area contributed by atoms with E-state index in [0.29, 0.717) is 17.9 Å². The van der Waals surface area contributed by atoms with Crippen LogP contribution in [-0.2, 0) is 19.7 Å². The summed E-state index contributed by atoms with van der Waals surface area (Å²) < 4.78 is 1.57. The van der Waals surface area contributed by atoms with Crippen LogP contribution in [0.4, 0.5) is 0 Å². The van der Waals surface area contributed by atoms with Crippen molar-refractivity contribution in [2.75, 3.05) is 20.7 Å². The van der Waals surface area contributed by atoms with Crippen LogP contribution in [0, 0.1) is 0 Å². The second-order valence-corrected chi connectivity index (χ2v) is 4.07. The molecule has 0 atom stereocenters. The Hall–Kier alpha value is -1.37. The van der Waals surface area contributed by atoms with Crippen molar-refractivity contribution in [3.63, 3.8) is 0 Å². The Labute approximate surface area is 99.4 Å². The van der Waals surface area contributed by atoms with E-state index in [1.54, 1.807) is 23.6 Å². The Morgan fingerprint density at radius 1 is 1.35 bits per heavy atom. The number of aliphatic hydroxyl groups is 2. The van der Waals surface area contributed by atoms with E-state index in [9.17, 15) is 15.0 Å². The summed E-state index contributed by atoms with van der Waals surface area (Å²) in [5.74, 6) is -0.329. The maximum Gasteiger partial charge on any atom is 0.223 e. The van der Waals surface area contributed by atoms with Gasteiger partial charge in [-0.1, -0.05) is 0 Å². The van der Waals surface area contributed by atoms with E-state index in [-0.39, 0.29) is 25.5 Å². The molecule has 3 N–H and O–H groups in total. The number of hydrogen-bond donors (Lipinski definition) is 3. The zero-order chi connectivity index (χ0) is 13.0. The van der Waals surface area contributed by atoms with Gasteiger partial charge >= 0.3 is 0 Å². The van der Waals surface area contributed by atoms with Crippen LogP contribution in [0.1, 0.15) is 11.4 Å². The first-order valence-electron chi connectivity index (χ1n) is 5.32. The fourth-order valence-electron chi connectivity index (χ4n) is 1.71. The maximum absolute atomic E-state index is 11.5. The normalized spacial score (nSPS) is 11.1. The van der Waals surface area contributed by atoms with Crippen molar-refractivity contribution < 1.29 is 15.3 Å². The lowest BCUT2D eigenvalue weighted by atomic mass is 10.2. The van der Waals surface area contributed by atoms with Crippen LogP contribution in [-0.4, -0.2) is 45.5 Å². The van der Waals surface area contributed by atoms with Gasteiger partial charge in [-0.2, -0.15) is 0 Å². The number of aliphatic hydroxyl groups excluding tert-OH is 2. The molecule has 6 nitrogen and oxygen atoms in total. The second-order valence-electron chi connectivity index (χ2n) is 4.07. The van der Waals surface area contributed by atoms with E-state index in [1.807, 2.05) is 0 Å². The summed E-state index contributed by atoms with van der Waals surface area (Å²) in [4.78, 5) is 13.3. The second kappa shape index (κ2) is 5.81. The van der Waals surface area contributed by atoms with Crippen molar-refractivity contribution in [2.24, 2.45) is 0 Å². The molecule has 1 heterocycles. The molecule has 0 aliphatic rings. The van der Waals surface area contributed by atoms with Gasteiger partial charge in [-0.05, 0) is 14.1 Å². The van der Waals surface area contributed by atoms with Gasteiger partial charge in [0.05, 0.1) is 18.9 Å². The fourth-order valence-corrected chi connectivity index (χ4v) is 1.71. The molecule has 0 aliphatic carbocycles. The van der Waals surface area contributed by atoms with Crippen molar-refractivity contribution in [1.82, 2.24) is 9.47 Å². The number of hydrogen-bond acceptors (Lipinski definition) is 5. The summed E-state index contributed by atoms with van der Waals surface area (Å²) in [6, 6.07) is 1.18. The molecule has 1 rings (SSSR count). The van der Waals surface area contributed by atoms with Crippen molar-refractivity contribution in [1.29, 1.82) is 0 Å². The average molecular weight is 242 g/mol. The van der Waals surface area contributed by atoms with Gasteiger partial charge in [-0.25, -0.2) is 0 Å². The summed E-state index contributed by atoms with van der Waals surface area (Å²) in [5.41, 5.74) is 0.277. The Bertz CT molecular complexity index is 440. The third-order valence-electron chi connectivity index (χ3n) is 2.43. The van der Waals surface area contributed by atoms with E-state index >= 15 is 0 Å². The van der Waals surface area contributed by atoms with Crippen LogP contribution >= 0.6 is 0 Å². The number of aromatic hydroxyl groups is 1. The third kappa shape index (κ3) is 3.06. The lowest BCUT2D eigenvalue weighted by molar-refractivity contribution is 0.241. The SMILES string of the molecule is CN(C)Cc1c(O)c(=O)cc(CO)n1CCO. The molecule has 0 aromatic carbocycles. The van der Waals surface area contributed by atoms with Crippen LogP contribution in [0.5, 0.6) is 5.75 Å². The predicted molar refractivity (Wildman–Crippen MR) is 62.8 cm³/mol. The smallest absolute Gasteiger partial charge is 0.223 e. The first-order valence-corrected chi connectivity index (χ1v) is 5.32. The van der Waals surface area contributed by atoms with Gasteiger partial charge in [-0.15, -0.1) is 0 Å². The summed E-state index contributed by atoms with van der Waals surface area (Å²) in [6.07, 6.45) is 0. The highest BCUT2D eigenvalue weighted by molar-refractivity contribution is 5.30. The highest BCUT2D eigenvalue weighted by Crippen LogP contribution is 2.16. The van der Waals surface area contributed by atoms with Crippen LogP contribution < -0.4 is 5.43 Å². The molecule has 1 aromatic rings. The first-order chi connectivity index (χ1) is 8.01. The molecule has 6 heteroatoms. The van der Waals surface area contributed by atoms with Crippen LogP contribution in [0.25, 0.3) is 0 Å². The number of rotatable bonds is 5. The molecule has 17 heavy (non-hydrogen) atoms. The zero-order valence-electron chi connectivity index (χ0n) is 10.1. The minimum atomic E-state index is -0.514.